The summed E-state index contributed by atoms with van der Waals surface area (Å²) in [5.74, 6) is 1.57. The van der Waals surface area contributed by atoms with Gasteiger partial charge in [-0.1, -0.05) is 25.0 Å². The molecule has 0 bridgehead atoms. The Hall–Kier alpha value is -1.30. The Labute approximate surface area is 174 Å². The van der Waals surface area contributed by atoms with Crippen LogP contribution in [0.25, 0.3) is 0 Å². The van der Waals surface area contributed by atoms with Gasteiger partial charge in [0.05, 0.1) is 11.5 Å². The maximum atomic E-state index is 13.1. The average molecular weight is 409 g/mol. The summed E-state index contributed by atoms with van der Waals surface area (Å²) in [6.07, 6.45) is 6.95. The average Bonchev–Trinajstić information content (AvgIpc) is 3.35. The first-order valence-corrected chi connectivity index (χ1v) is 10.5. The quantitative estimate of drug-likeness (QED) is 0.757. The molecule has 5 nitrogen and oxygen atoms in total. The summed E-state index contributed by atoms with van der Waals surface area (Å²) in [6, 6.07) is 6.22. The lowest BCUT2D eigenvalue weighted by Gasteiger charge is -2.37. The van der Waals surface area contributed by atoms with Gasteiger partial charge in [0.1, 0.15) is 12.4 Å². The lowest BCUT2D eigenvalue weighted by Crippen LogP contribution is -2.47. The predicted octanol–water partition coefficient (Wildman–Crippen LogP) is 3.37. The lowest BCUT2D eigenvalue weighted by atomic mass is 9.67. The molecule has 28 heavy (non-hydrogen) atoms. The molecule has 0 aromatic heterocycles. The summed E-state index contributed by atoms with van der Waals surface area (Å²) in [4.78, 5) is 13.1. The summed E-state index contributed by atoms with van der Waals surface area (Å²) in [7, 11) is 0. The molecule has 1 aromatic carbocycles. The molecule has 1 unspecified atom stereocenters. The van der Waals surface area contributed by atoms with Crippen molar-refractivity contribution in [3.63, 3.8) is 0 Å². The Balaban J connectivity index is 0.00000225. The molecular weight excluding hydrogens is 376 g/mol. The number of carbonyl (C=O) groups excluding carboxylic acids is 1. The smallest absolute Gasteiger partial charge is 0.228 e. The SMILES string of the molecule is Cc1ccc(CNC(=O)[C@@]23CCCC[C@H]2CNC3)c(OCC2CCCO2)c1.Cl. The van der Waals surface area contributed by atoms with Gasteiger partial charge in [0, 0.05) is 25.3 Å². The van der Waals surface area contributed by atoms with Crippen LogP contribution >= 0.6 is 12.4 Å². The standard InChI is InChI=1S/C22H32N2O3.ClH/c1-16-7-8-17(20(11-16)27-14-19-6-4-10-26-19)12-24-21(25)22-9-3-2-5-18(22)13-23-15-22;/h7-8,11,18-19,23H,2-6,9-10,12-15H2,1H3,(H,24,25);1H/t18-,19?,22+;/m0./s1. The molecule has 2 N–H and O–H groups in total. The van der Waals surface area contributed by atoms with Crippen molar-refractivity contribution in [1.29, 1.82) is 0 Å². The van der Waals surface area contributed by atoms with Crippen molar-refractivity contribution in [1.82, 2.24) is 10.6 Å². The van der Waals surface area contributed by atoms with Gasteiger partial charge in [-0.2, -0.15) is 0 Å². The maximum Gasteiger partial charge on any atom is 0.228 e. The minimum atomic E-state index is -0.207. The van der Waals surface area contributed by atoms with Gasteiger partial charge in [-0.25, -0.2) is 0 Å². The molecule has 3 aliphatic rings. The van der Waals surface area contributed by atoms with Gasteiger partial charge in [0.15, 0.2) is 0 Å². The molecule has 2 aliphatic heterocycles. The third-order valence-electron chi connectivity index (χ3n) is 6.60. The van der Waals surface area contributed by atoms with E-state index in [-0.39, 0.29) is 29.8 Å². The number of aryl methyl sites for hydroxylation is 1. The minimum absolute atomic E-state index is 0. The van der Waals surface area contributed by atoms with Crippen LogP contribution < -0.4 is 15.4 Å². The van der Waals surface area contributed by atoms with Crippen molar-refractivity contribution >= 4 is 18.3 Å². The number of hydrogen-bond donors (Lipinski definition) is 2. The lowest BCUT2D eigenvalue weighted by molar-refractivity contribution is -0.134. The van der Waals surface area contributed by atoms with Gasteiger partial charge in [-0.3, -0.25) is 4.79 Å². The van der Waals surface area contributed by atoms with Crippen LogP contribution in [-0.2, 0) is 16.1 Å². The van der Waals surface area contributed by atoms with Gasteiger partial charge >= 0.3 is 0 Å². The van der Waals surface area contributed by atoms with E-state index in [0.29, 0.717) is 19.1 Å². The molecule has 0 spiro atoms. The number of hydrogen-bond acceptors (Lipinski definition) is 4. The van der Waals surface area contributed by atoms with E-state index >= 15 is 0 Å². The zero-order valence-corrected chi connectivity index (χ0v) is 17.6. The number of benzene rings is 1. The van der Waals surface area contributed by atoms with Crippen molar-refractivity contribution in [3.05, 3.63) is 29.3 Å². The zero-order valence-electron chi connectivity index (χ0n) is 16.8. The molecule has 1 aromatic rings. The molecular formula is C22H33ClN2O3. The molecule has 1 saturated carbocycles. The first kappa shape index (κ1) is 21.4. The highest BCUT2D eigenvalue weighted by Crippen LogP contribution is 2.44. The summed E-state index contributed by atoms with van der Waals surface area (Å²) in [5, 5.41) is 6.68. The zero-order chi connectivity index (χ0) is 18.7. The third kappa shape index (κ3) is 4.47. The molecule has 1 amide bonds. The van der Waals surface area contributed by atoms with Gasteiger partial charge in [-0.05, 0) is 56.7 Å². The van der Waals surface area contributed by atoms with Gasteiger partial charge in [0.25, 0.3) is 0 Å². The highest BCUT2D eigenvalue weighted by Gasteiger charge is 2.49. The fourth-order valence-electron chi connectivity index (χ4n) is 4.94. The van der Waals surface area contributed by atoms with E-state index < -0.39 is 0 Å². The number of fused-ring (bicyclic) bond motifs is 1. The normalized spacial score (nSPS) is 29.0. The predicted molar refractivity (Wildman–Crippen MR) is 112 cm³/mol. The van der Waals surface area contributed by atoms with Crippen LogP contribution in [0.1, 0.15) is 49.7 Å². The Kier molecular flexibility index (Phi) is 7.24. The molecule has 4 rings (SSSR count). The fourth-order valence-corrected chi connectivity index (χ4v) is 4.94. The third-order valence-corrected chi connectivity index (χ3v) is 6.60. The largest absolute Gasteiger partial charge is 0.491 e. The molecule has 1 aliphatic carbocycles. The van der Waals surface area contributed by atoms with Gasteiger partial charge < -0.3 is 20.1 Å². The molecule has 2 saturated heterocycles. The van der Waals surface area contributed by atoms with E-state index in [4.69, 9.17) is 9.47 Å². The molecule has 6 heteroatoms. The second kappa shape index (κ2) is 9.47. The van der Waals surface area contributed by atoms with Crippen LogP contribution in [-0.4, -0.2) is 38.3 Å². The van der Waals surface area contributed by atoms with Crippen molar-refractivity contribution in [2.24, 2.45) is 11.3 Å². The monoisotopic (exact) mass is 408 g/mol. The van der Waals surface area contributed by atoms with Gasteiger partial charge in [0.2, 0.25) is 5.91 Å². The summed E-state index contributed by atoms with van der Waals surface area (Å²) in [6.45, 7) is 5.81. The number of halogens is 1. The van der Waals surface area contributed by atoms with Crippen molar-refractivity contribution in [2.45, 2.75) is 58.1 Å². The van der Waals surface area contributed by atoms with Crippen molar-refractivity contribution in [3.8, 4) is 5.75 Å². The first-order chi connectivity index (χ1) is 13.2. The molecule has 3 atom stereocenters. The molecule has 3 fully saturated rings. The van der Waals surface area contributed by atoms with Crippen LogP contribution in [0.15, 0.2) is 18.2 Å². The van der Waals surface area contributed by atoms with Crippen LogP contribution in [0.4, 0.5) is 0 Å². The fraction of sp³-hybridized carbons (Fsp3) is 0.682. The Morgan fingerprint density at radius 2 is 2.21 bits per heavy atom. The van der Waals surface area contributed by atoms with Gasteiger partial charge in [-0.15, -0.1) is 12.4 Å². The highest BCUT2D eigenvalue weighted by atomic mass is 35.5. The number of carbonyl (C=O) groups is 1. The summed E-state index contributed by atoms with van der Waals surface area (Å²) in [5.41, 5.74) is 2.00. The first-order valence-electron chi connectivity index (χ1n) is 10.5. The van der Waals surface area contributed by atoms with Crippen molar-refractivity contribution in [2.75, 3.05) is 26.3 Å². The number of rotatable bonds is 6. The van der Waals surface area contributed by atoms with E-state index in [1.165, 1.54) is 18.4 Å². The van der Waals surface area contributed by atoms with E-state index in [1.54, 1.807) is 0 Å². The maximum absolute atomic E-state index is 13.1. The van der Waals surface area contributed by atoms with E-state index in [0.717, 1.165) is 56.7 Å². The van der Waals surface area contributed by atoms with Crippen LogP contribution in [0.2, 0.25) is 0 Å². The van der Waals surface area contributed by atoms with E-state index in [2.05, 4.69) is 35.8 Å². The van der Waals surface area contributed by atoms with Crippen LogP contribution in [0.5, 0.6) is 5.75 Å². The minimum Gasteiger partial charge on any atom is -0.491 e. The van der Waals surface area contributed by atoms with E-state index in [1.807, 2.05) is 0 Å². The Morgan fingerprint density at radius 1 is 1.32 bits per heavy atom. The topological polar surface area (TPSA) is 59.6 Å². The Bertz CT molecular complexity index is 678. The molecule has 0 radical (unpaired) electrons. The Morgan fingerprint density at radius 3 is 3.04 bits per heavy atom. The molecule has 156 valence electrons. The number of amides is 1. The van der Waals surface area contributed by atoms with E-state index in [9.17, 15) is 4.79 Å². The number of nitrogens with one attached hydrogen (secondary N) is 2. The number of ether oxygens (including phenoxy) is 2. The second-order valence-electron chi connectivity index (χ2n) is 8.47. The van der Waals surface area contributed by atoms with Crippen LogP contribution in [0, 0.1) is 18.3 Å². The highest BCUT2D eigenvalue weighted by molar-refractivity contribution is 5.85. The summed E-state index contributed by atoms with van der Waals surface area (Å²) >= 11 is 0. The van der Waals surface area contributed by atoms with Crippen LogP contribution in [0.3, 0.4) is 0 Å². The second-order valence-corrected chi connectivity index (χ2v) is 8.47. The molecule has 2 heterocycles. The summed E-state index contributed by atoms with van der Waals surface area (Å²) < 4.78 is 11.7. The van der Waals surface area contributed by atoms with Crippen molar-refractivity contribution < 1.29 is 14.3 Å².